The van der Waals surface area contributed by atoms with Crippen LogP contribution < -0.4 is 18.9 Å². The van der Waals surface area contributed by atoms with Crippen molar-refractivity contribution < 1.29 is 44.5 Å². The fourth-order valence-corrected chi connectivity index (χ4v) is 4.32. The predicted molar refractivity (Wildman–Crippen MR) is 129 cm³/mol. The second-order valence-electron chi connectivity index (χ2n) is 8.50. The van der Waals surface area contributed by atoms with Crippen LogP contribution in [0.25, 0.3) is 6.08 Å². The zero-order chi connectivity index (χ0) is 25.2. The summed E-state index contributed by atoms with van der Waals surface area (Å²) in [6.45, 7) is -0.695. The second kappa shape index (κ2) is 9.98. The average molecular weight is 494 g/mol. The Morgan fingerprint density at radius 2 is 1.19 bits per heavy atom. The van der Waals surface area contributed by atoms with Crippen molar-refractivity contribution in [2.75, 3.05) is 19.8 Å². The molecule has 0 bridgehead atoms. The Morgan fingerprint density at radius 3 is 1.81 bits per heavy atom. The van der Waals surface area contributed by atoms with E-state index in [9.17, 15) is 20.4 Å². The van der Waals surface area contributed by atoms with E-state index < -0.39 is 24.4 Å². The lowest BCUT2D eigenvalue weighted by atomic mass is 10.00. The molecule has 188 valence electrons. The molecule has 0 saturated heterocycles. The topological polar surface area (TPSA) is 138 Å². The first-order chi connectivity index (χ1) is 17.5. The number of hydrogen-bond donors (Lipinski definition) is 5. The number of hydrogen-bond acceptors (Lipinski definition) is 9. The minimum absolute atomic E-state index is 0.0806. The average Bonchev–Trinajstić information content (AvgIpc) is 2.91. The third kappa shape index (κ3) is 4.51. The van der Waals surface area contributed by atoms with Gasteiger partial charge < -0.3 is 44.5 Å². The van der Waals surface area contributed by atoms with Crippen LogP contribution in [0.5, 0.6) is 34.5 Å². The molecule has 0 radical (unpaired) electrons. The highest BCUT2D eigenvalue weighted by molar-refractivity contribution is 5.57. The van der Waals surface area contributed by atoms with Crippen molar-refractivity contribution in [2.24, 2.45) is 0 Å². The number of aliphatic hydroxyl groups is 3. The van der Waals surface area contributed by atoms with Crippen LogP contribution in [0, 0.1) is 0 Å². The van der Waals surface area contributed by atoms with Crippen molar-refractivity contribution in [1.29, 1.82) is 0 Å². The molecule has 2 heterocycles. The maximum absolute atomic E-state index is 9.99. The molecule has 0 amide bonds. The van der Waals surface area contributed by atoms with Gasteiger partial charge in [0.05, 0.1) is 19.8 Å². The highest BCUT2D eigenvalue weighted by Gasteiger charge is 2.36. The van der Waals surface area contributed by atoms with Crippen molar-refractivity contribution in [2.45, 2.75) is 24.4 Å². The van der Waals surface area contributed by atoms with Crippen molar-refractivity contribution in [1.82, 2.24) is 0 Å². The Kier molecular flexibility index (Phi) is 6.60. The summed E-state index contributed by atoms with van der Waals surface area (Å²) in [5.41, 5.74) is 2.01. The van der Waals surface area contributed by atoms with E-state index in [0.29, 0.717) is 34.1 Å². The minimum atomic E-state index is -0.747. The standard InChI is InChI=1S/C27H26O9/c28-9-1-2-15-3-7-20-22(10-15)35-27(25(14-30)33-20)17-5-8-21-23(12-17)36-26(24(13-29)34-21)16-4-6-18(31)19(32)11-16/h1-8,10-12,24-32H,9,13-14H2/t24-,25+,26-,27+/m0/s1. The molecule has 3 aromatic rings. The molecule has 3 aromatic carbocycles. The summed E-state index contributed by atoms with van der Waals surface area (Å²) >= 11 is 0. The monoisotopic (exact) mass is 494 g/mol. The highest BCUT2D eigenvalue weighted by atomic mass is 16.6. The molecule has 5 N–H and O–H groups in total. The lowest BCUT2D eigenvalue weighted by molar-refractivity contribution is -0.0173. The molecule has 2 aliphatic rings. The zero-order valence-corrected chi connectivity index (χ0v) is 19.2. The van der Waals surface area contributed by atoms with Gasteiger partial charge in [-0.3, -0.25) is 0 Å². The summed E-state index contributed by atoms with van der Waals surface area (Å²) in [5.74, 6) is 1.24. The number of fused-ring (bicyclic) bond motifs is 2. The molecule has 36 heavy (non-hydrogen) atoms. The fourth-order valence-electron chi connectivity index (χ4n) is 4.32. The van der Waals surface area contributed by atoms with Crippen LogP contribution in [0.1, 0.15) is 28.9 Å². The second-order valence-corrected chi connectivity index (χ2v) is 8.50. The summed E-state index contributed by atoms with van der Waals surface area (Å²) in [7, 11) is 0. The van der Waals surface area contributed by atoms with E-state index in [1.807, 2.05) is 6.07 Å². The van der Waals surface area contributed by atoms with E-state index in [4.69, 9.17) is 24.1 Å². The smallest absolute Gasteiger partial charge is 0.163 e. The molecular formula is C27H26O9. The third-order valence-electron chi connectivity index (χ3n) is 6.11. The van der Waals surface area contributed by atoms with Crippen LogP contribution in [0.2, 0.25) is 0 Å². The molecule has 9 heteroatoms. The first-order valence-electron chi connectivity index (χ1n) is 11.5. The third-order valence-corrected chi connectivity index (χ3v) is 6.11. The molecule has 0 fully saturated rings. The molecule has 5 rings (SSSR count). The maximum Gasteiger partial charge on any atom is 0.163 e. The van der Waals surface area contributed by atoms with Gasteiger partial charge in [0.1, 0.15) is 0 Å². The van der Waals surface area contributed by atoms with Gasteiger partial charge in [0, 0.05) is 11.1 Å². The van der Waals surface area contributed by atoms with Crippen LogP contribution in [0.15, 0.2) is 60.7 Å². The predicted octanol–water partition coefficient (Wildman–Crippen LogP) is 2.85. The quantitative estimate of drug-likeness (QED) is 0.328. The Hall–Kier alpha value is -3.92. The van der Waals surface area contributed by atoms with Crippen LogP contribution in [-0.4, -0.2) is 57.6 Å². The SMILES string of the molecule is OCC=Cc1ccc2c(c1)O[C@H](c1ccc3c(c1)O[C@@H](c1ccc(O)c(O)c1)[C@H](CO)O3)[C@@H](CO)O2. The van der Waals surface area contributed by atoms with E-state index >= 15 is 0 Å². The normalized spacial score (nSPS) is 22.5. The van der Waals surface area contributed by atoms with Gasteiger partial charge >= 0.3 is 0 Å². The van der Waals surface area contributed by atoms with Gasteiger partial charge in [0.25, 0.3) is 0 Å². The first-order valence-corrected chi connectivity index (χ1v) is 11.5. The number of ether oxygens (including phenoxy) is 4. The highest BCUT2D eigenvalue weighted by Crippen LogP contribution is 2.45. The summed E-state index contributed by atoms with van der Waals surface area (Å²) in [6, 6.07) is 14.9. The van der Waals surface area contributed by atoms with E-state index in [0.717, 1.165) is 5.56 Å². The number of benzene rings is 3. The van der Waals surface area contributed by atoms with Gasteiger partial charge in [-0.1, -0.05) is 30.4 Å². The van der Waals surface area contributed by atoms with E-state index in [1.54, 1.807) is 48.6 Å². The van der Waals surface area contributed by atoms with Gasteiger partial charge in [0.2, 0.25) is 0 Å². The first kappa shape index (κ1) is 23.8. The lowest BCUT2D eigenvalue weighted by Crippen LogP contribution is -2.37. The van der Waals surface area contributed by atoms with Crippen LogP contribution in [0.4, 0.5) is 0 Å². The Morgan fingerprint density at radius 1 is 0.611 bits per heavy atom. The molecule has 2 aliphatic heterocycles. The number of aromatic hydroxyl groups is 2. The van der Waals surface area contributed by atoms with Crippen LogP contribution in [-0.2, 0) is 0 Å². The molecule has 0 aromatic heterocycles. The van der Waals surface area contributed by atoms with E-state index in [2.05, 4.69) is 0 Å². The van der Waals surface area contributed by atoms with Crippen molar-refractivity contribution >= 4 is 6.08 Å². The Labute approximate surface area is 207 Å². The number of aliphatic hydroxyl groups excluding tert-OH is 3. The number of phenolic OH excluding ortho intramolecular Hbond substituents is 2. The van der Waals surface area contributed by atoms with Crippen molar-refractivity contribution in [3.63, 3.8) is 0 Å². The van der Waals surface area contributed by atoms with Crippen LogP contribution in [0.3, 0.4) is 0 Å². The van der Waals surface area contributed by atoms with Crippen molar-refractivity contribution in [3.8, 4) is 34.5 Å². The summed E-state index contributed by atoms with van der Waals surface area (Å²) < 4.78 is 24.4. The molecule has 0 unspecified atom stereocenters. The van der Waals surface area contributed by atoms with Gasteiger partial charge in [0.15, 0.2) is 58.9 Å². The maximum atomic E-state index is 9.99. The fraction of sp³-hybridized carbons (Fsp3) is 0.259. The lowest BCUT2D eigenvalue weighted by Gasteiger charge is -2.36. The molecule has 9 nitrogen and oxygen atoms in total. The number of rotatable bonds is 6. The van der Waals surface area contributed by atoms with Gasteiger partial charge in [-0.15, -0.1) is 0 Å². The largest absolute Gasteiger partial charge is 0.504 e. The Balaban J connectivity index is 1.45. The van der Waals surface area contributed by atoms with Crippen molar-refractivity contribution in [3.05, 3.63) is 77.4 Å². The van der Waals surface area contributed by atoms with E-state index in [1.165, 1.54) is 12.1 Å². The summed E-state index contributed by atoms with van der Waals surface area (Å²) in [5, 5.41) is 48.5. The summed E-state index contributed by atoms with van der Waals surface area (Å²) in [4.78, 5) is 0. The molecule has 4 atom stereocenters. The molecule has 0 aliphatic carbocycles. The van der Waals surface area contributed by atoms with Gasteiger partial charge in [-0.25, -0.2) is 0 Å². The number of phenols is 2. The molecular weight excluding hydrogens is 468 g/mol. The zero-order valence-electron chi connectivity index (χ0n) is 19.2. The van der Waals surface area contributed by atoms with Gasteiger partial charge in [-0.05, 0) is 42.0 Å². The molecule has 0 saturated carbocycles. The van der Waals surface area contributed by atoms with E-state index in [-0.39, 0.29) is 31.3 Å². The Bertz CT molecular complexity index is 1270. The van der Waals surface area contributed by atoms with Gasteiger partial charge in [-0.2, -0.15) is 0 Å². The summed E-state index contributed by atoms with van der Waals surface area (Å²) in [6.07, 6.45) is 0.574. The van der Waals surface area contributed by atoms with Crippen LogP contribution >= 0.6 is 0 Å². The molecule has 0 spiro atoms. The minimum Gasteiger partial charge on any atom is -0.504 e.